The number of fused-ring (bicyclic) bond motifs is 1. The number of esters is 1. The van der Waals surface area contributed by atoms with Crippen LogP contribution >= 0.6 is 0 Å². The topological polar surface area (TPSA) is 92.8 Å². The largest absolute Gasteiger partial charge is 0.456 e. The molecule has 2 atom stereocenters. The number of nitrogens with one attached hydrogen (secondary N) is 1. The Morgan fingerprint density at radius 3 is 2.36 bits per heavy atom. The first-order chi connectivity index (χ1) is 13.4. The maximum Gasteiger partial charge on any atom is 0.308 e. The van der Waals surface area contributed by atoms with Gasteiger partial charge in [0.25, 0.3) is 5.91 Å². The number of ether oxygens (including phenoxy) is 1. The van der Waals surface area contributed by atoms with Crippen LogP contribution in [0.4, 0.5) is 14.5 Å². The van der Waals surface area contributed by atoms with E-state index in [1.54, 1.807) is 0 Å². The molecule has 0 radical (unpaired) electrons. The second kappa shape index (κ2) is 8.45. The Kier molecular flexibility index (Phi) is 6.01. The van der Waals surface area contributed by atoms with E-state index in [1.807, 2.05) is 0 Å². The molecule has 1 heterocycles. The SMILES string of the molecule is O=C(COC(=O)CCN1C(=O)[C@H]2CCCC[C@H]2C1=O)Nc1ccc(F)cc1F. The van der Waals surface area contributed by atoms with E-state index in [2.05, 4.69) is 5.32 Å². The summed E-state index contributed by atoms with van der Waals surface area (Å²) in [6, 6.07) is 2.64. The lowest BCUT2D eigenvalue weighted by Crippen LogP contribution is -2.33. The average molecular weight is 394 g/mol. The van der Waals surface area contributed by atoms with Gasteiger partial charge in [-0.25, -0.2) is 8.78 Å². The van der Waals surface area contributed by atoms with Crippen LogP contribution < -0.4 is 5.32 Å². The number of likely N-dealkylation sites (tertiary alicyclic amines) is 1. The quantitative estimate of drug-likeness (QED) is 0.589. The van der Waals surface area contributed by atoms with Crippen LogP contribution in [0.1, 0.15) is 32.1 Å². The summed E-state index contributed by atoms with van der Waals surface area (Å²) in [5.74, 6) is -4.34. The predicted octanol–water partition coefficient (Wildman–Crippen LogP) is 2.01. The van der Waals surface area contributed by atoms with Crippen molar-refractivity contribution in [3.63, 3.8) is 0 Å². The van der Waals surface area contributed by atoms with E-state index in [0.29, 0.717) is 18.9 Å². The van der Waals surface area contributed by atoms with Gasteiger partial charge in [-0.3, -0.25) is 24.1 Å². The number of carbonyl (C=O) groups excluding carboxylic acids is 4. The third kappa shape index (κ3) is 4.35. The van der Waals surface area contributed by atoms with E-state index in [0.717, 1.165) is 29.9 Å². The zero-order valence-corrected chi connectivity index (χ0v) is 15.1. The normalized spacial score (nSPS) is 21.4. The summed E-state index contributed by atoms with van der Waals surface area (Å²) in [4.78, 5) is 49.3. The molecular weight excluding hydrogens is 374 g/mol. The minimum atomic E-state index is -0.952. The summed E-state index contributed by atoms with van der Waals surface area (Å²) >= 11 is 0. The Morgan fingerprint density at radius 2 is 1.75 bits per heavy atom. The molecule has 1 aromatic rings. The minimum Gasteiger partial charge on any atom is -0.456 e. The summed E-state index contributed by atoms with van der Waals surface area (Å²) < 4.78 is 31.1. The second-order valence-electron chi connectivity index (χ2n) is 6.91. The van der Waals surface area contributed by atoms with Crippen molar-refractivity contribution < 1.29 is 32.7 Å². The smallest absolute Gasteiger partial charge is 0.308 e. The summed E-state index contributed by atoms with van der Waals surface area (Å²) in [5, 5.41) is 2.16. The van der Waals surface area contributed by atoms with E-state index in [1.165, 1.54) is 0 Å². The fourth-order valence-corrected chi connectivity index (χ4v) is 3.65. The van der Waals surface area contributed by atoms with Crippen molar-refractivity contribution >= 4 is 29.4 Å². The van der Waals surface area contributed by atoms with Crippen molar-refractivity contribution in [2.45, 2.75) is 32.1 Å². The molecular formula is C19H20F2N2O5. The summed E-state index contributed by atoms with van der Waals surface area (Å²) in [6.45, 7) is -0.750. The summed E-state index contributed by atoms with van der Waals surface area (Å²) in [5.41, 5.74) is -0.238. The fraction of sp³-hybridized carbons (Fsp3) is 0.474. The molecule has 1 saturated heterocycles. The third-order valence-corrected chi connectivity index (χ3v) is 5.04. The molecule has 3 rings (SSSR count). The standard InChI is InChI=1S/C19H20F2N2O5/c20-11-5-6-15(14(21)9-11)22-16(24)10-28-17(25)7-8-23-18(26)12-3-1-2-4-13(12)19(23)27/h5-6,9,12-13H,1-4,7-8,10H2,(H,22,24)/t12-,13+. The molecule has 28 heavy (non-hydrogen) atoms. The van der Waals surface area contributed by atoms with Crippen molar-refractivity contribution in [2.75, 3.05) is 18.5 Å². The molecule has 9 heteroatoms. The lowest BCUT2D eigenvalue weighted by atomic mass is 9.81. The van der Waals surface area contributed by atoms with Gasteiger partial charge in [0.1, 0.15) is 11.6 Å². The Labute approximate surface area is 160 Å². The number of imide groups is 1. The maximum atomic E-state index is 13.5. The summed E-state index contributed by atoms with van der Waals surface area (Å²) in [7, 11) is 0. The Hall–Kier alpha value is -2.84. The van der Waals surface area contributed by atoms with Crippen LogP contribution in [0.25, 0.3) is 0 Å². The van der Waals surface area contributed by atoms with Crippen LogP contribution in [0.3, 0.4) is 0 Å². The number of hydrogen-bond donors (Lipinski definition) is 1. The molecule has 2 aliphatic rings. The third-order valence-electron chi connectivity index (χ3n) is 5.04. The molecule has 0 spiro atoms. The number of carbonyl (C=O) groups is 4. The first-order valence-electron chi connectivity index (χ1n) is 9.12. The Balaban J connectivity index is 1.44. The van der Waals surface area contributed by atoms with Gasteiger partial charge in [-0.2, -0.15) is 0 Å². The Morgan fingerprint density at radius 1 is 1.11 bits per heavy atom. The Bertz CT molecular complexity index is 790. The number of amides is 3. The van der Waals surface area contributed by atoms with Gasteiger partial charge >= 0.3 is 5.97 Å². The van der Waals surface area contributed by atoms with Crippen LogP contribution in [0.5, 0.6) is 0 Å². The average Bonchev–Trinajstić information content (AvgIpc) is 2.91. The molecule has 150 valence electrons. The highest BCUT2D eigenvalue weighted by molar-refractivity contribution is 6.05. The molecule has 2 fully saturated rings. The van der Waals surface area contributed by atoms with Crippen LogP contribution in [-0.2, 0) is 23.9 Å². The van der Waals surface area contributed by atoms with Gasteiger partial charge in [-0.15, -0.1) is 0 Å². The van der Waals surface area contributed by atoms with Crippen molar-refractivity contribution in [1.82, 2.24) is 4.90 Å². The van der Waals surface area contributed by atoms with E-state index in [4.69, 9.17) is 4.74 Å². The van der Waals surface area contributed by atoms with Gasteiger partial charge in [0.2, 0.25) is 11.8 Å². The van der Waals surface area contributed by atoms with Crippen molar-refractivity contribution in [3.05, 3.63) is 29.8 Å². The highest BCUT2D eigenvalue weighted by Gasteiger charge is 2.47. The molecule has 7 nitrogen and oxygen atoms in total. The van der Waals surface area contributed by atoms with Crippen LogP contribution in [0.2, 0.25) is 0 Å². The number of benzene rings is 1. The van der Waals surface area contributed by atoms with Crippen LogP contribution in [-0.4, -0.2) is 41.7 Å². The van der Waals surface area contributed by atoms with Crippen LogP contribution in [0.15, 0.2) is 18.2 Å². The van der Waals surface area contributed by atoms with Crippen molar-refractivity contribution in [1.29, 1.82) is 0 Å². The monoisotopic (exact) mass is 394 g/mol. The zero-order chi connectivity index (χ0) is 20.3. The van der Waals surface area contributed by atoms with E-state index in [9.17, 15) is 28.0 Å². The molecule has 1 aliphatic carbocycles. The number of hydrogen-bond acceptors (Lipinski definition) is 5. The molecule has 0 unspecified atom stereocenters. The lowest BCUT2D eigenvalue weighted by Gasteiger charge is -2.19. The fourth-order valence-electron chi connectivity index (χ4n) is 3.65. The molecule has 0 bridgehead atoms. The zero-order valence-electron chi connectivity index (χ0n) is 15.1. The van der Waals surface area contributed by atoms with Gasteiger partial charge < -0.3 is 10.1 Å². The molecule has 3 amide bonds. The maximum absolute atomic E-state index is 13.5. The van der Waals surface area contributed by atoms with E-state index in [-0.39, 0.29) is 42.3 Å². The van der Waals surface area contributed by atoms with Crippen LogP contribution in [0, 0.1) is 23.5 Å². The molecule has 1 aromatic carbocycles. The highest BCUT2D eigenvalue weighted by Crippen LogP contribution is 2.37. The predicted molar refractivity (Wildman–Crippen MR) is 92.7 cm³/mol. The van der Waals surface area contributed by atoms with E-state index < -0.39 is 30.1 Å². The number of anilines is 1. The van der Waals surface area contributed by atoms with Gasteiger partial charge in [0.05, 0.1) is 23.9 Å². The second-order valence-corrected chi connectivity index (χ2v) is 6.91. The summed E-state index contributed by atoms with van der Waals surface area (Å²) in [6.07, 6.45) is 2.99. The first-order valence-corrected chi connectivity index (χ1v) is 9.12. The van der Waals surface area contributed by atoms with Gasteiger partial charge in [0, 0.05) is 12.6 Å². The lowest BCUT2D eigenvalue weighted by molar-refractivity contribution is -0.148. The van der Waals surface area contributed by atoms with Gasteiger partial charge in [-0.05, 0) is 25.0 Å². The van der Waals surface area contributed by atoms with Crippen molar-refractivity contribution in [3.8, 4) is 0 Å². The number of rotatable bonds is 6. The molecule has 0 aromatic heterocycles. The van der Waals surface area contributed by atoms with Crippen molar-refractivity contribution in [2.24, 2.45) is 11.8 Å². The van der Waals surface area contributed by atoms with E-state index >= 15 is 0 Å². The first kappa shape index (κ1) is 19.9. The van der Waals surface area contributed by atoms with Gasteiger partial charge in [0.15, 0.2) is 6.61 Å². The highest BCUT2D eigenvalue weighted by atomic mass is 19.1. The number of nitrogens with zero attached hydrogens (tertiary/aromatic N) is 1. The molecule has 1 aliphatic heterocycles. The molecule has 1 saturated carbocycles. The minimum absolute atomic E-state index is 0.0856. The number of halogens is 2. The van der Waals surface area contributed by atoms with Gasteiger partial charge in [-0.1, -0.05) is 12.8 Å². The molecule has 1 N–H and O–H groups in total.